The van der Waals surface area contributed by atoms with Gasteiger partial charge in [0.25, 0.3) is 0 Å². The Labute approximate surface area is 156 Å². The van der Waals surface area contributed by atoms with Crippen LogP contribution in [-0.2, 0) is 16.1 Å². The number of amides is 2. The molecule has 1 aromatic heterocycles. The molecule has 2 fully saturated rings. The zero-order valence-corrected chi connectivity index (χ0v) is 16.2. The Balaban J connectivity index is 1.68. The van der Waals surface area contributed by atoms with Crippen LogP contribution < -0.4 is 0 Å². The minimum absolute atomic E-state index is 0.0386. The average Bonchev–Trinajstić information content (AvgIpc) is 2.60. The van der Waals surface area contributed by atoms with Crippen molar-refractivity contribution in [1.82, 2.24) is 19.8 Å². The van der Waals surface area contributed by atoms with Crippen LogP contribution in [0.3, 0.4) is 0 Å². The van der Waals surface area contributed by atoms with Crippen molar-refractivity contribution in [2.45, 2.75) is 59.4 Å². The molecule has 142 valence electrons. The summed E-state index contributed by atoms with van der Waals surface area (Å²) >= 11 is 0. The van der Waals surface area contributed by atoms with Crippen LogP contribution in [0.5, 0.6) is 0 Å². The highest BCUT2D eigenvalue weighted by atomic mass is 16.2. The second kappa shape index (κ2) is 7.72. The molecule has 0 aromatic carbocycles. The van der Waals surface area contributed by atoms with Crippen molar-refractivity contribution in [3.05, 3.63) is 23.8 Å². The molecule has 6 nitrogen and oxygen atoms in total. The van der Waals surface area contributed by atoms with E-state index >= 15 is 0 Å². The van der Waals surface area contributed by atoms with Crippen LogP contribution in [0.15, 0.2) is 12.4 Å². The number of hydrogen-bond acceptors (Lipinski definition) is 4. The predicted octanol–water partition coefficient (Wildman–Crippen LogP) is 2.56. The molecule has 0 N–H and O–H groups in total. The maximum absolute atomic E-state index is 12.5. The molecule has 1 atom stereocenters. The van der Waals surface area contributed by atoms with Gasteiger partial charge in [0.2, 0.25) is 11.8 Å². The Morgan fingerprint density at radius 3 is 2.73 bits per heavy atom. The predicted molar refractivity (Wildman–Crippen MR) is 99.1 cm³/mol. The quantitative estimate of drug-likeness (QED) is 0.830. The number of carbonyl (C=O) groups excluding carboxylic acids is 2. The highest BCUT2D eigenvalue weighted by molar-refractivity contribution is 5.78. The minimum atomic E-state index is 0.0386. The summed E-state index contributed by atoms with van der Waals surface area (Å²) in [5.41, 5.74) is 1.74. The van der Waals surface area contributed by atoms with E-state index in [1.807, 2.05) is 16.7 Å². The zero-order valence-electron chi connectivity index (χ0n) is 16.2. The summed E-state index contributed by atoms with van der Waals surface area (Å²) in [6.07, 6.45) is 7.66. The van der Waals surface area contributed by atoms with E-state index in [4.69, 9.17) is 0 Å². The highest BCUT2D eigenvalue weighted by Gasteiger charge is 2.42. The molecule has 3 heterocycles. The number of hydrogen-bond donors (Lipinski definition) is 0. The molecule has 0 aliphatic carbocycles. The number of aromatic nitrogens is 2. The van der Waals surface area contributed by atoms with E-state index in [-0.39, 0.29) is 17.2 Å². The third-order valence-electron chi connectivity index (χ3n) is 5.53. The van der Waals surface area contributed by atoms with Gasteiger partial charge in [-0.3, -0.25) is 19.6 Å². The monoisotopic (exact) mass is 358 g/mol. The molecule has 6 heteroatoms. The van der Waals surface area contributed by atoms with E-state index in [0.717, 1.165) is 43.7 Å². The van der Waals surface area contributed by atoms with Crippen molar-refractivity contribution in [3.63, 3.8) is 0 Å². The maximum Gasteiger partial charge on any atom is 0.222 e. The molecule has 2 aliphatic rings. The first-order chi connectivity index (χ1) is 12.4. The standard InChI is InChI=1S/C20H30N4O2/c1-15(2)9-19(26)23-8-4-6-20(13-23)7-5-18(25)24(14-20)12-17-11-21-16(3)10-22-17/h10-11,15H,4-9,12-14H2,1-3H3/t20-/m0/s1. The van der Waals surface area contributed by atoms with Crippen molar-refractivity contribution >= 4 is 11.8 Å². The highest BCUT2D eigenvalue weighted by Crippen LogP contribution is 2.39. The fraction of sp³-hybridized carbons (Fsp3) is 0.700. The molecule has 0 saturated carbocycles. The van der Waals surface area contributed by atoms with Gasteiger partial charge in [-0.15, -0.1) is 0 Å². The van der Waals surface area contributed by atoms with E-state index in [0.29, 0.717) is 31.8 Å². The van der Waals surface area contributed by atoms with Crippen molar-refractivity contribution in [2.24, 2.45) is 11.3 Å². The minimum Gasteiger partial charge on any atom is -0.342 e. The first-order valence-corrected chi connectivity index (χ1v) is 9.70. The van der Waals surface area contributed by atoms with Gasteiger partial charge in [0, 0.05) is 44.1 Å². The fourth-order valence-electron chi connectivity index (χ4n) is 4.18. The van der Waals surface area contributed by atoms with Crippen LogP contribution in [0.4, 0.5) is 0 Å². The van der Waals surface area contributed by atoms with Gasteiger partial charge in [-0.25, -0.2) is 0 Å². The van der Waals surface area contributed by atoms with Crippen LogP contribution >= 0.6 is 0 Å². The largest absolute Gasteiger partial charge is 0.342 e. The molecule has 0 bridgehead atoms. The summed E-state index contributed by atoms with van der Waals surface area (Å²) in [7, 11) is 0. The van der Waals surface area contributed by atoms with Crippen LogP contribution in [0, 0.1) is 18.3 Å². The average molecular weight is 358 g/mol. The lowest BCUT2D eigenvalue weighted by molar-refractivity contribution is -0.144. The first-order valence-electron chi connectivity index (χ1n) is 9.70. The van der Waals surface area contributed by atoms with Crippen molar-refractivity contribution in [2.75, 3.05) is 19.6 Å². The van der Waals surface area contributed by atoms with Crippen LogP contribution in [0.1, 0.15) is 57.3 Å². The molecule has 2 aliphatic heterocycles. The topological polar surface area (TPSA) is 66.4 Å². The van der Waals surface area contributed by atoms with E-state index < -0.39 is 0 Å². The van der Waals surface area contributed by atoms with Gasteiger partial charge >= 0.3 is 0 Å². The molecule has 1 spiro atoms. The smallest absolute Gasteiger partial charge is 0.222 e. The third-order valence-corrected chi connectivity index (χ3v) is 5.53. The molecular weight excluding hydrogens is 328 g/mol. The molecule has 26 heavy (non-hydrogen) atoms. The summed E-state index contributed by atoms with van der Waals surface area (Å²) in [6.45, 7) is 8.93. The lowest BCUT2D eigenvalue weighted by Gasteiger charge is -2.48. The van der Waals surface area contributed by atoms with Gasteiger partial charge in [0.15, 0.2) is 0 Å². The summed E-state index contributed by atoms with van der Waals surface area (Å²) in [4.78, 5) is 37.6. The first kappa shape index (κ1) is 18.8. The number of aryl methyl sites for hydroxylation is 1. The van der Waals surface area contributed by atoms with Gasteiger partial charge in [0.1, 0.15) is 0 Å². The lowest BCUT2D eigenvalue weighted by Crippen LogP contribution is -2.55. The van der Waals surface area contributed by atoms with E-state index in [9.17, 15) is 9.59 Å². The van der Waals surface area contributed by atoms with Gasteiger partial charge < -0.3 is 9.80 Å². The Hall–Kier alpha value is -1.98. The molecule has 1 aromatic rings. The van der Waals surface area contributed by atoms with E-state index in [2.05, 4.69) is 23.8 Å². The third kappa shape index (κ3) is 4.40. The molecule has 0 unspecified atom stereocenters. The van der Waals surface area contributed by atoms with Gasteiger partial charge in [-0.2, -0.15) is 0 Å². The summed E-state index contributed by atoms with van der Waals surface area (Å²) in [6, 6.07) is 0. The number of piperidine rings is 2. The zero-order chi connectivity index (χ0) is 18.7. The Morgan fingerprint density at radius 1 is 1.23 bits per heavy atom. The number of likely N-dealkylation sites (tertiary alicyclic amines) is 2. The normalized spacial score (nSPS) is 23.8. The fourth-order valence-corrected chi connectivity index (χ4v) is 4.18. The van der Waals surface area contributed by atoms with E-state index in [1.54, 1.807) is 12.4 Å². The van der Waals surface area contributed by atoms with Crippen molar-refractivity contribution in [1.29, 1.82) is 0 Å². The molecule has 2 amide bonds. The van der Waals surface area contributed by atoms with E-state index in [1.165, 1.54) is 0 Å². The number of nitrogens with zero attached hydrogens (tertiary/aromatic N) is 4. The second-order valence-electron chi connectivity index (χ2n) is 8.42. The van der Waals surface area contributed by atoms with Crippen LogP contribution in [-0.4, -0.2) is 51.2 Å². The Morgan fingerprint density at radius 2 is 2.04 bits per heavy atom. The van der Waals surface area contributed by atoms with Crippen LogP contribution in [0.2, 0.25) is 0 Å². The molecule has 3 rings (SSSR count). The lowest BCUT2D eigenvalue weighted by atomic mass is 9.73. The summed E-state index contributed by atoms with van der Waals surface area (Å²) < 4.78 is 0. The van der Waals surface area contributed by atoms with Gasteiger partial charge in [-0.1, -0.05) is 13.8 Å². The Bertz CT molecular complexity index is 658. The van der Waals surface area contributed by atoms with Gasteiger partial charge in [-0.05, 0) is 32.1 Å². The molecular formula is C20H30N4O2. The Kier molecular flexibility index (Phi) is 5.58. The van der Waals surface area contributed by atoms with Gasteiger partial charge in [0.05, 0.1) is 24.1 Å². The second-order valence-corrected chi connectivity index (χ2v) is 8.42. The number of rotatable bonds is 4. The SMILES string of the molecule is Cc1cnc(CN2C[C@@]3(CCCN(C(=O)CC(C)C)C3)CCC2=O)cn1. The van der Waals surface area contributed by atoms with Crippen LogP contribution in [0.25, 0.3) is 0 Å². The molecule has 0 radical (unpaired) electrons. The summed E-state index contributed by atoms with van der Waals surface area (Å²) in [5, 5.41) is 0. The van der Waals surface area contributed by atoms with Crippen molar-refractivity contribution < 1.29 is 9.59 Å². The van der Waals surface area contributed by atoms with Crippen molar-refractivity contribution in [3.8, 4) is 0 Å². The number of carbonyl (C=O) groups is 2. The maximum atomic E-state index is 12.5. The summed E-state index contributed by atoms with van der Waals surface area (Å²) in [5.74, 6) is 0.820. The molecule has 2 saturated heterocycles.